The molecule has 8 heteroatoms. The van der Waals surface area contributed by atoms with Crippen molar-refractivity contribution >= 4 is 5.65 Å². The fraction of sp³-hybridized carbons (Fsp3) is 0.150. The van der Waals surface area contributed by atoms with Crippen LogP contribution in [0.1, 0.15) is 17.0 Å². The second-order valence-corrected chi connectivity index (χ2v) is 6.55. The van der Waals surface area contributed by atoms with Gasteiger partial charge in [0.05, 0.1) is 5.69 Å². The van der Waals surface area contributed by atoms with Crippen LogP contribution in [0, 0.1) is 13.8 Å². The quantitative estimate of drug-likeness (QED) is 0.558. The lowest BCUT2D eigenvalue weighted by Gasteiger charge is -2.07. The summed E-state index contributed by atoms with van der Waals surface area (Å²) in [6, 6.07) is 11.2. The lowest BCUT2D eigenvalue weighted by atomic mass is 10.0. The normalized spacial score (nSPS) is 11.9. The van der Waals surface area contributed by atoms with E-state index in [0.29, 0.717) is 11.2 Å². The maximum Gasteiger partial charge on any atom is 0.433 e. The van der Waals surface area contributed by atoms with Gasteiger partial charge in [-0.2, -0.15) is 13.2 Å². The molecule has 0 saturated heterocycles. The van der Waals surface area contributed by atoms with Gasteiger partial charge in [-0.3, -0.25) is 14.9 Å². The van der Waals surface area contributed by atoms with E-state index in [9.17, 15) is 18.0 Å². The molecular weight excluding hydrogens is 369 g/mol. The van der Waals surface area contributed by atoms with E-state index in [1.807, 2.05) is 38.1 Å². The molecule has 0 bridgehead atoms. The predicted octanol–water partition coefficient (Wildman–Crippen LogP) is 4.39. The average molecular weight is 384 g/mol. The summed E-state index contributed by atoms with van der Waals surface area (Å²) in [6.07, 6.45) is -3.45. The van der Waals surface area contributed by atoms with Gasteiger partial charge in [0.15, 0.2) is 5.65 Å². The number of hydrogen-bond acceptors (Lipinski definition) is 3. The highest BCUT2D eigenvalue weighted by atomic mass is 19.4. The lowest BCUT2D eigenvalue weighted by molar-refractivity contribution is -0.141. The first-order valence-corrected chi connectivity index (χ1v) is 8.47. The number of aryl methyl sites for hydroxylation is 2. The molecule has 0 spiro atoms. The molecule has 1 aromatic carbocycles. The van der Waals surface area contributed by atoms with Gasteiger partial charge in [0.1, 0.15) is 5.69 Å². The molecule has 0 saturated carbocycles. The summed E-state index contributed by atoms with van der Waals surface area (Å²) < 4.78 is 39.5. The number of halogens is 3. The highest BCUT2D eigenvalue weighted by Crippen LogP contribution is 2.30. The molecule has 5 nitrogen and oxygen atoms in total. The summed E-state index contributed by atoms with van der Waals surface area (Å²) >= 11 is 0. The summed E-state index contributed by atoms with van der Waals surface area (Å²) in [7, 11) is 0. The molecule has 28 heavy (non-hydrogen) atoms. The molecule has 1 N–H and O–H groups in total. The summed E-state index contributed by atoms with van der Waals surface area (Å²) in [5.41, 5.74) is 3.16. The minimum Gasteiger partial charge on any atom is -0.293 e. The monoisotopic (exact) mass is 384 g/mol. The maximum atomic E-state index is 12.7. The fourth-order valence-electron chi connectivity index (χ4n) is 3.08. The number of pyridine rings is 1. The second-order valence-electron chi connectivity index (χ2n) is 6.55. The average Bonchev–Trinajstić information content (AvgIpc) is 2.98. The Kier molecular flexibility index (Phi) is 4.06. The maximum absolute atomic E-state index is 12.7. The van der Waals surface area contributed by atoms with E-state index in [2.05, 4.69) is 15.1 Å². The topological polar surface area (TPSA) is 63.0 Å². The van der Waals surface area contributed by atoms with Crippen LogP contribution in [0.25, 0.3) is 28.0 Å². The minimum absolute atomic E-state index is 0.263. The van der Waals surface area contributed by atoms with Gasteiger partial charge in [-0.25, -0.2) is 9.50 Å². The molecule has 0 aliphatic rings. The number of alkyl halides is 3. The summed E-state index contributed by atoms with van der Waals surface area (Å²) in [6.45, 7) is 3.81. The number of aromatic nitrogens is 4. The molecule has 0 unspecified atom stereocenters. The van der Waals surface area contributed by atoms with E-state index < -0.39 is 11.9 Å². The molecule has 0 aliphatic carbocycles. The van der Waals surface area contributed by atoms with Crippen molar-refractivity contribution in [2.75, 3.05) is 0 Å². The summed E-state index contributed by atoms with van der Waals surface area (Å²) in [5, 5.41) is 2.99. The molecule has 0 radical (unpaired) electrons. The Morgan fingerprint density at radius 3 is 2.29 bits per heavy atom. The Labute approximate surface area is 157 Å². The largest absolute Gasteiger partial charge is 0.433 e. The molecule has 0 aliphatic heterocycles. The van der Waals surface area contributed by atoms with Crippen molar-refractivity contribution in [2.45, 2.75) is 20.0 Å². The number of rotatable bonds is 2. The van der Waals surface area contributed by atoms with Gasteiger partial charge < -0.3 is 0 Å². The first kappa shape index (κ1) is 18.0. The zero-order valence-corrected chi connectivity index (χ0v) is 15.0. The Morgan fingerprint density at radius 2 is 1.68 bits per heavy atom. The van der Waals surface area contributed by atoms with Gasteiger partial charge in [0.2, 0.25) is 0 Å². The molecule has 4 aromatic rings. The van der Waals surface area contributed by atoms with Gasteiger partial charge in [-0.15, -0.1) is 0 Å². The number of fused-ring (bicyclic) bond motifs is 1. The molecule has 142 valence electrons. The predicted molar refractivity (Wildman–Crippen MR) is 99.0 cm³/mol. The Morgan fingerprint density at radius 1 is 1.00 bits per heavy atom. The van der Waals surface area contributed by atoms with Crippen molar-refractivity contribution < 1.29 is 13.2 Å². The molecule has 0 atom stereocenters. The van der Waals surface area contributed by atoms with E-state index in [1.165, 1.54) is 16.6 Å². The van der Waals surface area contributed by atoms with Crippen LogP contribution in [-0.4, -0.2) is 19.6 Å². The zero-order chi connectivity index (χ0) is 20.1. The molecule has 4 rings (SSSR count). The zero-order valence-electron chi connectivity index (χ0n) is 15.0. The van der Waals surface area contributed by atoms with Crippen molar-refractivity contribution in [3.05, 3.63) is 76.0 Å². The standard InChI is InChI=1S/C20H15F3N4O/c1-11-3-5-13(6-4-11)18-12(2)26-27-17(28)9-15(25-19(18)27)14-7-8-16(24-10-14)20(21,22)23/h3-10,26H,1-2H3. The van der Waals surface area contributed by atoms with Crippen LogP contribution in [0.15, 0.2) is 53.5 Å². The summed E-state index contributed by atoms with van der Waals surface area (Å²) in [5.74, 6) is 0. The van der Waals surface area contributed by atoms with Crippen molar-refractivity contribution in [3.8, 4) is 22.4 Å². The molecule has 3 heterocycles. The molecule has 3 aromatic heterocycles. The number of H-pyrrole nitrogens is 1. The van der Waals surface area contributed by atoms with Crippen LogP contribution in [0.2, 0.25) is 0 Å². The van der Waals surface area contributed by atoms with E-state index in [1.54, 1.807) is 0 Å². The number of hydrogen-bond donors (Lipinski definition) is 1. The van der Waals surface area contributed by atoms with Gasteiger partial charge in [-0.1, -0.05) is 29.8 Å². The van der Waals surface area contributed by atoms with Crippen molar-refractivity contribution in [1.29, 1.82) is 0 Å². The Bertz CT molecular complexity index is 1220. The SMILES string of the molecule is Cc1ccc(-c2c(C)[nH]n3c(=O)cc(-c4ccc(C(F)(F)F)nc4)nc23)cc1. The van der Waals surface area contributed by atoms with Crippen LogP contribution in [0.5, 0.6) is 0 Å². The highest BCUT2D eigenvalue weighted by molar-refractivity contribution is 5.81. The van der Waals surface area contributed by atoms with E-state index in [4.69, 9.17) is 0 Å². The molecule has 0 amide bonds. The van der Waals surface area contributed by atoms with Crippen molar-refractivity contribution in [1.82, 2.24) is 19.6 Å². The van der Waals surface area contributed by atoms with Crippen molar-refractivity contribution in [2.24, 2.45) is 0 Å². The third-order valence-corrected chi connectivity index (χ3v) is 4.49. The van der Waals surface area contributed by atoms with E-state index in [-0.39, 0.29) is 11.3 Å². The van der Waals surface area contributed by atoms with Gasteiger partial charge in [-0.05, 0) is 31.5 Å². The van der Waals surface area contributed by atoms with Crippen LogP contribution in [0.4, 0.5) is 13.2 Å². The lowest BCUT2D eigenvalue weighted by Crippen LogP contribution is -2.14. The minimum atomic E-state index is -4.52. The van der Waals surface area contributed by atoms with Crippen molar-refractivity contribution in [3.63, 3.8) is 0 Å². The number of nitrogens with zero attached hydrogens (tertiary/aromatic N) is 3. The smallest absolute Gasteiger partial charge is 0.293 e. The van der Waals surface area contributed by atoms with Gasteiger partial charge in [0.25, 0.3) is 5.56 Å². The highest BCUT2D eigenvalue weighted by Gasteiger charge is 2.32. The fourth-order valence-corrected chi connectivity index (χ4v) is 3.08. The summed E-state index contributed by atoms with van der Waals surface area (Å²) in [4.78, 5) is 20.5. The van der Waals surface area contributed by atoms with Gasteiger partial charge >= 0.3 is 6.18 Å². The van der Waals surface area contributed by atoms with Crippen LogP contribution in [0.3, 0.4) is 0 Å². The number of nitrogens with one attached hydrogen (secondary N) is 1. The number of aromatic amines is 1. The van der Waals surface area contributed by atoms with E-state index >= 15 is 0 Å². The van der Waals surface area contributed by atoms with Crippen LogP contribution in [-0.2, 0) is 6.18 Å². The second kappa shape index (κ2) is 6.33. The third-order valence-electron chi connectivity index (χ3n) is 4.49. The third kappa shape index (κ3) is 3.06. The van der Waals surface area contributed by atoms with Crippen LogP contribution >= 0.6 is 0 Å². The van der Waals surface area contributed by atoms with Crippen LogP contribution < -0.4 is 5.56 Å². The molecular formula is C20H15F3N4O. The first-order valence-electron chi connectivity index (χ1n) is 8.47. The number of benzene rings is 1. The molecule has 0 fully saturated rings. The first-order chi connectivity index (χ1) is 13.2. The van der Waals surface area contributed by atoms with Gasteiger partial charge in [0, 0.05) is 29.1 Å². The Hall–Kier alpha value is -3.42. The van der Waals surface area contributed by atoms with E-state index in [0.717, 1.165) is 34.6 Å². The Balaban J connectivity index is 1.89.